The Bertz CT molecular complexity index is 1060. The molecule has 2 aromatic rings. The van der Waals surface area contributed by atoms with Crippen molar-refractivity contribution in [2.75, 3.05) is 26.2 Å². The highest BCUT2D eigenvalue weighted by molar-refractivity contribution is 6.26. The average molecular weight is 397 g/mol. The van der Waals surface area contributed by atoms with Gasteiger partial charge in [0.15, 0.2) is 11.3 Å². The summed E-state index contributed by atoms with van der Waals surface area (Å²) in [4.78, 5) is 44.6. The number of piperazine rings is 1. The first-order valence-electron chi connectivity index (χ1n) is 9.05. The van der Waals surface area contributed by atoms with Gasteiger partial charge in [-0.25, -0.2) is 14.8 Å². The first kappa shape index (κ1) is 18.7. The molecule has 2 aliphatic heterocycles. The van der Waals surface area contributed by atoms with Gasteiger partial charge < -0.3 is 19.7 Å². The number of amides is 1. The molecule has 2 aromatic heterocycles. The molecule has 10 heteroatoms. The summed E-state index contributed by atoms with van der Waals surface area (Å²) < 4.78 is 5.59. The Hall–Kier alpha value is -3.66. The molecule has 2 aliphatic rings. The predicted molar refractivity (Wildman–Crippen MR) is 102 cm³/mol. The smallest absolute Gasteiger partial charge is 0.345 e. The van der Waals surface area contributed by atoms with Gasteiger partial charge in [-0.15, -0.1) is 0 Å². The summed E-state index contributed by atoms with van der Waals surface area (Å²) in [6.07, 6.45) is 4.81. The number of ketones is 1. The fourth-order valence-corrected chi connectivity index (χ4v) is 3.32. The summed E-state index contributed by atoms with van der Waals surface area (Å²) in [5.74, 6) is -2.30. The molecule has 0 atom stereocenters. The number of hydrogen-bond acceptors (Lipinski definition) is 7. The number of carboxylic acids is 1. The molecule has 4 heterocycles. The van der Waals surface area contributed by atoms with Crippen LogP contribution in [0.25, 0.3) is 17.1 Å². The van der Waals surface area contributed by atoms with Crippen molar-refractivity contribution in [3.63, 3.8) is 0 Å². The van der Waals surface area contributed by atoms with Crippen LogP contribution in [0, 0.1) is 0 Å². The van der Waals surface area contributed by atoms with Crippen LogP contribution < -0.4 is 5.43 Å². The van der Waals surface area contributed by atoms with Gasteiger partial charge >= 0.3 is 5.97 Å². The Kier molecular flexibility index (Phi) is 4.77. The summed E-state index contributed by atoms with van der Waals surface area (Å²) >= 11 is 0. The number of aromatic nitrogens is 2. The minimum atomic E-state index is -1.37. The van der Waals surface area contributed by atoms with Gasteiger partial charge in [-0.1, -0.05) is 0 Å². The SMILES string of the molecule is CC(=O)N1CCN(NC2=C(C(=O)O)C(=O)C(=Cc3c[nH]c4ncccc34)O2)CC1. The number of rotatable bonds is 4. The van der Waals surface area contributed by atoms with Gasteiger partial charge in [0, 0.05) is 56.4 Å². The minimum absolute atomic E-state index is 0.0131. The van der Waals surface area contributed by atoms with E-state index in [4.69, 9.17) is 4.74 Å². The Balaban J connectivity index is 1.55. The highest BCUT2D eigenvalue weighted by Gasteiger charge is 2.37. The van der Waals surface area contributed by atoms with Crippen molar-refractivity contribution in [2.45, 2.75) is 6.92 Å². The van der Waals surface area contributed by atoms with E-state index in [0.717, 1.165) is 5.39 Å². The highest BCUT2D eigenvalue weighted by Crippen LogP contribution is 2.27. The molecule has 0 saturated carbocycles. The van der Waals surface area contributed by atoms with Crippen LogP contribution in [0.5, 0.6) is 0 Å². The van der Waals surface area contributed by atoms with Gasteiger partial charge in [0.2, 0.25) is 17.6 Å². The molecule has 29 heavy (non-hydrogen) atoms. The van der Waals surface area contributed by atoms with Crippen LogP contribution in [0.3, 0.4) is 0 Å². The summed E-state index contributed by atoms with van der Waals surface area (Å²) in [6, 6.07) is 3.61. The number of fused-ring (bicyclic) bond motifs is 1. The van der Waals surface area contributed by atoms with E-state index in [0.29, 0.717) is 37.4 Å². The standard InChI is InChI=1S/C19H19N5O5/c1-11(25)23-5-7-24(8-6-23)22-18-15(19(27)28)16(26)14(29-18)9-12-10-21-17-13(12)3-2-4-20-17/h2-4,9-10,22H,5-8H2,1H3,(H,20,21)(H,27,28). The molecule has 0 radical (unpaired) electrons. The number of H-pyrrole nitrogens is 1. The highest BCUT2D eigenvalue weighted by atomic mass is 16.5. The van der Waals surface area contributed by atoms with Gasteiger partial charge in [-0.2, -0.15) is 0 Å². The van der Waals surface area contributed by atoms with Crippen LogP contribution in [0.4, 0.5) is 0 Å². The Labute approximate surface area is 165 Å². The van der Waals surface area contributed by atoms with E-state index in [9.17, 15) is 19.5 Å². The van der Waals surface area contributed by atoms with E-state index in [1.165, 1.54) is 13.0 Å². The Morgan fingerprint density at radius 1 is 1.31 bits per heavy atom. The molecule has 0 spiro atoms. The molecule has 1 amide bonds. The number of hydrazine groups is 1. The third kappa shape index (κ3) is 3.57. The van der Waals surface area contributed by atoms with Crippen LogP contribution in [0.15, 0.2) is 41.7 Å². The maximum Gasteiger partial charge on any atom is 0.345 e. The third-order valence-corrected chi connectivity index (χ3v) is 4.86. The zero-order valence-corrected chi connectivity index (χ0v) is 15.6. The fraction of sp³-hybridized carbons (Fsp3) is 0.263. The van der Waals surface area contributed by atoms with E-state index >= 15 is 0 Å². The van der Waals surface area contributed by atoms with Crippen molar-refractivity contribution in [3.05, 3.63) is 47.3 Å². The number of aromatic amines is 1. The van der Waals surface area contributed by atoms with Gasteiger partial charge in [-0.3, -0.25) is 15.0 Å². The monoisotopic (exact) mass is 397 g/mol. The van der Waals surface area contributed by atoms with Gasteiger partial charge in [0.05, 0.1) is 0 Å². The number of Topliss-reactive ketones (excluding diaryl/α,β-unsaturated/α-hetero) is 1. The lowest BCUT2D eigenvalue weighted by atomic mass is 10.1. The zero-order chi connectivity index (χ0) is 20.5. The predicted octanol–water partition coefficient (Wildman–Crippen LogP) is 0.468. The Morgan fingerprint density at radius 3 is 2.76 bits per heavy atom. The van der Waals surface area contributed by atoms with Crippen LogP contribution in [-0.4, -0.2) is 68.8 Å². The fourth-order valence-electron chi connectivity index (χ4n) is 3.32. The van der Waals surface area contributed by atoms with Gasteiger partial charge in [0.25, 0.3) is 0 Å². The molecule has 1 saturated heterocycles. The third-order valence-electron chi connectivity index (χ3n) is 4.86. The maximum atomic E-state index is 12.6. The number of hydrogen-bond donors (Lipinski definition) is 3. The second-order valence-electron chi connectivity index (χ2n) is 6.70. The van der Waals surface area contributed by atoms with Crippen molar-refractivity contribution in [1.82, 2.24) is 25.3 Å². The lowest BCUT2D eigenvalue weighted by Gasteiger charge is -2.34. The largest absolute Gasteiger partial charge is 0.477 e. The lowest BCUT2D eigenvalue weighted by molar-refractivity contribution is -0.134. The second kappa shape index (κ2) is 7.40. The van der Waals surface area contributed by atoms with Crippen LogP contribution in [0.2, 0.25) is 0 Å². The number of nitrogens with zero attached hydrogens (tertiary/aromatic N) is 3. The second-order valence-corrected chi connectivity index (χ2v) is 6.70. The molecule has 0 bridgehead atoms. The van der Waals surface area contributed by atoms with E-state index in [1.807, 2.05) is 6.07 Å². The van der Waals surface area contributed by atoms with Crippen molar-refractivity contribution in [2.24, 2.45) is 0 Å². The average Bonchev–Trinajstić information content (AvgIpc) is 3.24. The normalized spacial score (nSPS) is 19.1. The summed E-state index contributed by atoms with van der Waals surface area (Å²) in [6.45, 7) is 3.44. The number of ether oxygens (including phenoxy) is 1. The first-order valence-corrected chi connectivity index (χ1v) is 9.05. The molecular weight excluding hydrogens is 378 g/mol. The van der Waals surface area contributed by atoms with Crippen LogP contribution in [0.1, 0.15) is 12.5 Å². The van der Waals surface area contributed by atoms with Gasteiger partial charge in [0.1, 0.15) is 5.65 Å². The number of nitrogens with one attached hydrogen (secondary N) is 2. The summed E-state index contributed by atoms with van der Waals surface area (Å²) in [5, 5.41) is 12.0. The van der Waals surface area contributed by atoms with Crippen molar-refractivity contribution in [1.29, 1.82) is 0 Å². The maximum absolute atomic E-state index is 12.6. The topological polar surface area (TPSA) is 128 Å². The first-order chi connectivity index (χ1) is 13.9. The molecule has 0 aromatic carbocycles. The number of pyridine rings is 1. The van der Waals surface area contributed by atoms with E-state index in [-0.39, 0.29) is 17.5 Å². The van der Waals surface area contributed by atoms with E-state index in [2.05, 4.69) is 15.4 Å². The van der Waals surface area contributed by atoms with Crippen molar-refractivity contribution in [3.8, 4) is 0 Å². The quantitative estimate of drug-likeness (QED) is 0.502. The summed E-state index contributed by atoms with van der Waals surface area (Å²) in [7, 11) is 0. The van der Waals surface area contributed by atoms with Crippen molar-refractivity contribution < 1.29 is 24.2 Å². The lowest BCUT2D eigenvalue weighted by Crippen LogP contribution is -2.52. The number of carbonyl (C=O) groups excluding carboxylic acids is 2. The van der Waals surface area contributed by atoms with Gasteiger partial charge in [-0.05, 0) is 18.2 Å². The molecule has 0 unspecified atom stereocenters. The number of aliphatic carboxylic acids is 1. The molecule has 1 fully saturated rings. The molecule has 3 N–H and O–H groups in total. The molecule has 0 aliphatic carbocycles. The van der Waals surface area contributed by atoms with Crippen LogP contribution >= 0.6 is 0 Å². The number of allylic oxidation sites excluding steroid dienone is 1. The zero-order valence-electron chi connectivity index (χ0n) is 15.6. The van der Waals surface area contributed by atoms with Crippen LogP contribution in [-0.2, 0) is 19.1 Å². The molecule has 10 nitrogen and oxygen atoms in total. The number of carbonyl (C=O) groups is 3. The number of carboxylic acid groups (broad SMARTS) is 1. The van der Waals surface area contributed by atoms with E-state index < -0.39 is 17.3 Å². The minimum Gasteiger partial charge on any atom is -0.477 e. The molecular formula is C19H19N5O5. The van der Waals surface area contributed by atoms with E-state index in [1.54, 1.807) is 28.4 Å². The van der Waals surface area contributed by atoms with Crippen molar-refractivity contribution >= 4 is 34.8 Å². The Morgan fingerprint density at radius 2 is 2.07 bits per heavy atom. The molecule has 4 rings (SSSR count). The molecule has 150 valence electrons. The summed E-state index contributed by atoms with van der Waals surface area (Å²) in [5.41, 5.74) is 3.74.